The number of anilines is 1. The van der Waals surface area contributed by atoms with E-state index in [2.05, 4.69) is 5.73 Å². The van der Waals surface area contributed by atoms with Crippen molar-refractivity contribution in [1.82, 2.24) is 0 Å². The van der Waals surface area contributed by atoms with E-state index in [9.17, 15) is 0 Å². The molecule has 0 unspecified atom stereocenters. The zero-order valence-electron chi connectivity index (χ0n) is 7.04. The minimum absolute atomic E-state index is 0.855. The molecule has 0 aliphatic carbocycles. The van der Waals surface area contributed by atoms with Crippen LogP contribution in [0.25, 0.3) is 10.8 Å². The predicted molar refractivity (Wildman–Crippen MR) is 48.4 cm³/mol. The number of nitrogen functional groups attached to an aromatic ring is 1. The van der Waals surface area contributed by atoms with Gasteiger partial charge in [-0.3, -0.25) is 0 Å². The van der Waals surface area contributed by atoms with Crippen LogP contribution in [0.4, 0.5) is 5.69 Å². The number of hydrogen-bond acceptors (Lipinski definition) is 1. The number of hydrogen-bond donors (Lipinski definition) is 1. The monoisotopic (exact) mass is 144 g/mol. The van der Waals surface area contributed by atoms with Gasteiger partial charge in [-0.15, -0.1) is 0 Å². The maximum Gasteiger partial charge on any atom is 0.156 e. The van der Waals surface area contributed by atoms with E-state index in [0.717, 1.165) is 16.5 Å². The molecule has 0 saturated carbocycles. The van der Waals surface area contributed by atoms with Gasteiger partial charge in [-0.1, -0.05) is 36.4 Å². The summed E-state index contributed by atoms with van der Waals surface area (Å²) in [5, 5.41) is 2.25. The highest BCUT2D eigenvalue weighted by Crippen LogP contribution is 2.19. The Morgan fingerprint density at radius 2 is 1.82 bits per heavy atom. The first-order chi connectivity index (χ1) is 5.92. The number of rotatable bonds is 1. The highest BCUT2D eigenvalue weighted by atomic mass is 14.5. The zero-order chi connectivity index (χ0) is 8.39. The lowest BCUT2D eigenvalue weighted by molar-refractivity contribution is 1.73. The van der Waals surface area contributed by atoms with Gasteiger partial charge in [0.15, 0.2) is 1.41 Å². The number of nitrogens with two attached hydrogens (primary N) is 1. The Morgan fingerprint density at radius 1 is 1.00 bits per heavy atom. The number of benzene rings is 2. The van der Waals surface area contributed by atoms with Crippen molar-refractivity contribution in [2.75, 3.05) is 5.73 Å². The van der Waals surface area contributed by atoms with Crippen molar-refractivity contribution in [3.05, 3.63) is 42.5 Å². The first-order valence-corrected chi connectivity index (χ1v) is 3.57. The maximum absolute atomic E-state index is 7.08. The summed E-state index contributed by atoms with van der Waals surface area (Å²) in [6.45, 7) is 0. The average Bonchev–Trinajstić information content (AvgIpc) is 2.17. The van der Waals surface area contributed by atoms with E-state index in [4.69, 9.17) is 1.41 Å². The Kier molecular flexibility index (Phi) is 1.07. The molecule has 0 amide bonds. The van der Waals surface area contributed by atoms with E-state index in [1.54, 1.807) is 0 Å². The largest absolute Gasteiger partial charge is 0.398 e. The minimum Gasteiger partial charge on any atom is -0.398 e. The molecule has 0 spiro atoms. The van der Waals surface area contributed by atoms with Crippen LogP contribution >= 0.6 is 0 Å². The molecule has 0 heterocycles. The van der Waals surface area contributed by atoms with Gasteiger partial charge in [-0.2, -0.15) is 0 Å². The summed E-state index contributed by atoms with van der Waals surface area (Å²) in [6, 6.07) is 13.9. The summed E-state index contributed by atoms with van der Waals surface area (Å²) < 4.78 is 7.08. The SMILES string of the molecule is [2H]Nc1cccc2ccccc12. The van der Waals surface area contributed by atoms with Gasteiger partial charge in [0.25, 0.3) is 0 Å². The van der Waals surface area contributed by atoms with Crippen molar-refractivity contribution in [2.45, 2.75) is 0 Å². The van der Waals surface area contributed by atoms with Crippen LogP contribution in [-0.4, -0.2) is 0 Å². The topological polar surface area (TPSA) is 26.0 Å². The van der Waals surface area contributed by atoms with Crippen molar-refractivity contribution in [1.29, 1.82) is 0 Å². The molecule has 1 nitrogen and oxygen atoms in total. The molecule has 54 valence electrons. The van der Waals surface area contributed by atoms with Crippen LogP contribution in [-0.2, 0) is 0 Å². The van der Waals surface area contributed by atoms with Crippen molar-refractivity contribution in [3.8, 4) is 0 Å². The van der Waals surface area contributed by atoms with Crippen LogP contribution in [0, 0.1) is 0 Å². The quantitative estimate of drug-likeness (QED) is 0.611. The summed E-state index contributed by atoms with van der Waals surface area (Å²) in [7, 11) is 0. The molecule has 0 aliphatic heterocycles. The van der Waals surface area contributed by atoms with Gasteiger partial charge >= 0.3 is 0 Å². The van der Waals surface area contributed by atoms with Gasteiger partial charge in [0.05, 0.1) is 0 Å². The molecular formula is C10H9N. The van der Waals surface area contributed by atoms with Crippen molar-refractivity contribution >= 4 is 16.5 Å². The summed E-state index contributed by atoms with van der Waals surface area (Å²) >= 11 is 0. The minimum atomic E-state index is 0.855. The third kappa shape index (κ3) is 0.944. The van der Waals surface area contributed by atoms with Gasteiger partial charge in [-0.05, 0) is 11.5 Å². The fourth-order valence-corrected chi connectivity index (χ4v) is 1.23. The molecule has 0 bridgehead atoms. The Bertz CT molecular complexity index is 392. The first kappa shape index (κ1) is 5.19. The van der Waals surface area contributed by atoms with Crippen molar-refractivity contribution in [3.63, 3.8) is 0 Å². The molecule has 2 rings (SSSR count). The van der Waals surface area contributed by atoms with Crippen LogP contribution in [0.1, 0.15) is 0 Å². The summed E-state index contributed by atoms with van der Waals surface area (Å²) in [6.07, 6.45) is 0. The first-order valence-electron chi connectivity index (χ1n) is 4.07. The van der Waals surface area contributed by atoms with E-state index >= 15 is 0 Å². The molecule has 2 aromatic rings. The van der Waals surface area contributed by atoms with Crippen molar-refractivity contribution in [2.24, 2.45) is 0 Å². The fraction of sp³-hybridized carbons (Fsp3) is 0. The van der Waals surface area contributed by atoms with E-state index in [-0.39, 0.29) is 0 Å². The Hall–Kier alpha value is -1.50. The van der Waals surface area contributed by atoms with Gasteiger partial charge in [0, 0.05) is 11.1 Å². The van der Waals surface area contributed by atoms with E-state index in [0.29, 0.717) is 0 Å². The summed E-state index contributed by atoms with van der Waals surface area (Å²) in [4.78, 5) is 0. The van der Waals surface area contributed by atoms with Crippen LogP contribution in [0.5, 0.6) is 0 Å². The Morgan fingerprint density at radius 3 is 2.73 bits per heavy atom. The normalized spacial score (nSPS) is 11.1. The van der Waals surface area contributed by atoms with Crippen molar-refractivity contribution < 1.29 is 1.41 Å². The Labute approximate surface area is 66.9 Å². The lowest BCUT2D eigenvalue weighted by Crippen LogP contribution is -1.84. The molecule has 2 aromatic carbocycles. The lowest BCUT2D eigenvalue weighted by Gasteiger charge is -1.98. The molecule has 0 aromatic heterocycles. The third-order valence-electron chi connectivity index (χ3n) is 1.79. The summed E-state index contributed by atoms with van der Waals surface area (Å²) in [5.41, 5.74) is 3.27. The van der Waals surface area contributed by atoms with Crippen LogP contribution in [0.3, 0.4) is 0 Å². The standard InChI is InChI=1S/C10H9N/c11-10-7-3-5-8-4-1-2-6-9(8)10/h1-7H,11H2/i/hD. The molecule has 0 saturated heterocycles. The molecule has 11 heavy (non-hydrogen) atoms. The molecule has 0 radical (unpaired) electrons. The Balaban J connectivity index is 2.79. The van der Waals surface area contributed by atoms with Crippen LogP contribution in [0.2, 0.25) is 1.41 Å². The second kappa shape index (κ2) is 2.27. The van der Waals surface area contributed by atoms with E-state index in [1.165, 1.54) is 0 Å². The maximum atomic E-state index is 7.08. The molecule has 0 fully saturated rings. The van der Waals surface area contributed by atoms with Crippen LogP contribution < -0.4 is 5.73 Å². The third-order valence-corrected chi connectivity index (χ3v) is 1.79. The number of fused-ring (bicyclic) bond motifs is 1. The molecule has 1 heteroatoms. The lowest BCUT2D eigenvalue weighted by atomic mass is 10.1. The molecular weight excluding hydrogens is 134 g/mol. The molecule has 0 atom stereocenters. The van der Waals surface area contributed by atoms with E-state index < -0.39 is 0 Å². The second-order valence-corrected chi connectivity index (χ2v) is 2.53. The fourth-order valence-electron chi connectivity index (χ4n) is 1.23. The average molecular weight is 144 g/mol. The second-order valence-electron chi connectivity index (χ2n) is 2.53. The predicted octanol–water partition coefficient (Wildman–Crippen LogP) is 2.42. The highest BCUT2D eigenvalue weighted by molar-refractivity contribution is 5.92. The molecule has 2 N–H and O–H groups in total. The van der Waals surface area contributed by atoms with E-state index in [1.807, 2.05) is 42.5 Å². The van der Waals surface area contributed by atoms with Gasteiger partial charge in [-0.25, -0.2) is 0 Å². The molecule has 0 aliphatic rings. The van der Waals surface area contributed by atoms with Gasteiger partial charge in [0.1, 0.15) is 0 Å². The highest BCUT2D eigenvalue weighted by Gasteiger charge is 1.92. The summed E-state index contributed by atoms with van der Waals surface area (Å²) in [5.74, 6) is 0. The smallest absolute Gasteiger partial charge is 0.156 e. The van der Waals surface area contributed by atoms with Gasteiger partial charge in [0.2, 0.25) is 0 Å². The van der Waals surface area contributed by atoms with Gasteiger partial charge < -0.3 is 5.73 Å². The zero-order valence-corrected chi connectivity index (χ0v) is 6.04. The van der Waals surface area contributed by atoms with Crippen LogP contribution in [0.15, 0.2) is 42.5 Å².